The van der Waals surface area contributed by atoms with Gasteiger partial charge < -0.3 is 4.74 Å². The second kappa shape index (κ2) is 9.39. The van der Waals surface area contributed by atoms with Crippen molar-refractivity contribution in [2.24, 2.45) is 5.92 Å². The minimum atomic E-state index is -0.128. The fourth-order valence-corrected chi connectivity index (χ4v) is 3.03. The molecule has 3 heteroatoms. The molecule has 0 bridgehead atoms. The normalized spacial score (nSPS) is 18.2. The summed E-state index contributed by atoms with van der Waals surface area (Å²) in [5.74, 6) is 0.457. The van der Waals surface area contributed by atoms with Crippen molar-refractivity contribution in [3.63, 3.8) is 0 Å². The van der Waals surface area contributed by atoms with Gasteiger partial charge in [-0.3, -0.25) is 9.59 Å². The number of rotatable bonds is 8. The zero-order chi connectivity index (χ0) is 15.6. The number of hydrogen-bond acceptors (Lipinski definition) is 3. The minimum Gasteiger partial charge on any atom is -0.466 e. The van der Waals surface area contributed by atoms with Crippen LogP contribution in [-0.2, 0) is 20.7 Å². The Labute approximate surface area is 133 Å². The van der Waals surface area contributed by atoms with E-state index in [1.165, 1.54) is 5.56 Å². The molecule has 1 fully saturated rings. The van der Waals surface area contributed by atoms with Crippen molar-refractivity contribution in [3.8, 4) is 0 Å². The van der Waals surface area contributed by atoms with E-state index < -0.39 is 0 Å². The number of carbonyl (C=O) groups excluding carboxylic acids is 2. The van der Waals surface area contributed by atoms with Gasteiger partial charge >= 0.3 is 5.97 Å². The van der Waals surface area contributed by atoms with Gasteiger partial charge in [0.2, 0.25) is 0 Å². The molecule has 0 radical (unpaired) electrons. The Bertz CT molecular complexity index is 467. The summed E-state index contributed by atoms with van der Waals surface area (Å²) < 4.78 is 5.26. The Hall–Kier alpha value is -1.64. The quantitative estimate of drug-likeness (QED) is 0.536. The second-order valence-corrected chi connectivity index (χ2v) is 6.11. The average Bonchev–Trinajstić information content (AvgIpc) is 2.54. The lowest BCUT2D eigenvalue weighted by atomic mass is 9.84. The van der Waals surface area contributed by atoms with E-state index in [2.05, 4.69) is 12.1 Å². The van der Waals surface area contributed by atoms with Gasteiger partial charge in [-0.1, -0.05) is 36.8 Å². The van der Waals surface area contributed by atoms with Crippen molar-refractivity contribution < 1.29 is 14.3 Å². The molecule has 0 aromatic heterocycles. The van der Waals surface area contributed by atoms with Crippen LogP contribution in [0.25, 0.3) is 0 Å². The highest BCUT2D eigenvalue weighted by molar-refractivity contribution is 5.81. The van der Waals surface area contributed by atoms with E-state index in [4.69, 9.17) is 4.74 Å². The molecule has 1 saturated carbocycles. The smallest absolute Gasteiger partial charge is 0.305 e. The Kier molecular flexibility index (Phi) is 7.14. The monoisotopic (exact) mass is 302 g/mol. The van der Waals surface area contributed by atoms with Gasteiger partial charge in [-0.25, -0.2) is 0 Å². The van der Waals surface area contributed by atoms with E-state index in [0.29, 0.717) is 18.8 Å². The molecule has 120 valence electrons. The van der Waals surface area contributed by atoms with Gasteiger partial charge in [0.1, 0.15) is 5.78 Å². The largest absolute Gasteiger partial charge is 0.466 e. The van der Waals surface area contributed by atoms with E-state index in [0.717, 1.165) is 51.4 Å². The number of ether oxygens (including phenoxy) is 1. The minimum absolute atomic E-state index is 0.128. The maximum atomic E-state index is 11.7. The molecule has 0 saturated heterocycles. The van der Waals surface area contributed by atoms with Gasteiger partial charge in [-0.2, -0.15) is 0 Å². The molecule has 22 heavy (non-hydrogen) atoms. The molecule has 1 atom stereocenters. The molecule has 1 aliphatic carbocycles. The highest BCUT2D eigenvalue weighted by Gasteiger charge is 2.21. The van der Waals surface area contributed by atoms with Crippen molar-refractivity contribution in [2.75, 3.05) is 6.61 Å². The van der Waals surface area contributed by atoms with Gasteiger partial charge in [0, 0.05) is 18.8 Å². The highest BCUT2D eigenvalue weighted by Crippen LogP contribution is 2.25. The summed E-state index contributed by atoms with van der Waals surface area (Å²) in [5, 5.41) is 0. The van der Waals surface area contributed by atoms with Crippen LogP contribution in [0.2, 0.25) is 0 Å². The molecule has 1 aromatic carbocycles. The lowest BCUT2D eigenvalue weighted by Crippen LogP contribution is -2.19. The Balaban J connectivity index is 1.51. The van der Waals surface area contributed by atoms with Crippen molar-refractivity contribution in [1.29, 1.82) is 0 Å². The van der Waals surface area contributed by atoms with E-state index in [1.807, 2.05) is 18.2 Å². The third-order valence-electron chi connectivity index (χ3n) is 4.33. The summed E-state index contributed by atoms with van der Waals surface area (Å²) in [4.78, 5) is 23.4. The second-order valence-electron chi connectivity index (χ2n) is 6.11. The molecule has 1 unspecified atom stereocenters. The SMILES string of the molecule is O=C(CCCC1CCCCC1=O)OCCCc1ccccc1. The van der Waals surface area contributed by atoms with Crippen molar-refractivity contribution in [2.45, 2.75) is 57.8 Å². The van der Waals surface area contributed by atoms with Crippen LogP contribution in [0.4, 0.5) is 0 Å². The van der Waals surface area contributed by atoms with Gasteiger partial charge in [0.05, 0.1) is 6.61 Å². The molecule has 3 nitrogen and oxygen atoms in total. The Morgan fingerprint density at radius 3 is 2.73 bits per heavy atom. The predicted octanol–water partition coefficient (Wildman–Crippen LogP) is 4.09. The number of aryl methyl sites for hydroxylation is 1. The summed E-state index contributed by atoms with van der Waals surface area (Å²) in [7, 11) is 0. The van der Waals surface area contributed by atoms with Crippen LogP contribution in [0, 0.1) is 5.92 Å². The number of carbonyl (C=O) groups is 2. The number of hydrogen-bond donors (Lipinski definition) is 0. The first-order valence-corrected chi connectivity index (χ1v) is 8.48. The first-order chi connectivity index (χ1) is 10.8. The van der Waals surface area contributed by atoms with E-state index in [-0.39, 0.29) is 11.9 Å². The summed E-state index contributed by atoms with van der Waals surface area (Å²) in [6, 6.07) is 10.2. The zero-order valence-corrected chi connectivity index (χ0v) is 13.3. The number of esters is 1. The van der Waals surface area contributed by atoms with Crippen LogP contribution in [0.15, 0.2) is 30.3 Å². The molecular formula is C19H26O3. The summed E-state index contributed by atoms with van der Waals surface area (Å²) in [6.45, 7) is 0.482. The van der Waals surface area contributed by atoms with Crippen molar-refractivity contribution >= 4 is 11.8 Å². The number of ketones is 1. The van der Waals surface area contributed by atoms with E-state index in [1.54, 1.807) is 0 Å². The summed E-state index contributed by atoms with van der Waals surface area (Å²) in [6.07, 6.45) is 7.78. The van der Waals surface area contributed by atoms with Crippen LogP contribution in [0.1, 0.15) is 56.9 Å². The topological polar surface area (TPSA) is 43.4 Å². The first kappa shape index (κ1) is 16.7. The van der Waals surface area contributed by atoms with Crippen LogP contribution in [0.5, 0.6) is 0 Å². The Morgan fingerprint density at radius 1 is 1.14 bits per heavy atom. The summed E-state index contributed by atoms with van der Waals surface area (Å²) in [5.41, 5.74) is 1.27. The van der Waals surface area contributed by atoms with Crippen molar-refractivity contribution in [1.82, 2.24) is 0 Å². The lowest BCUT2D eigenvalue weighted by molar-refractivity contribution is -0.144. The zero-order valence-electron chi connectivity index (χ0n) is 13.3. The fourth-order valence-electron chi connectivity index (χ4n) is 3.03. The third kappa shape index (κ3) is 6.00. The molecule has 0 aliphatic heterocycles. The van der Waals surface area contributed by atoms with Crippen LogP contribution < -0.4 is 0 Å². The summed E-state index contributed by atoms with van der Waals surface area (Å²) >= 11 is 0. The third-order valence-corrected chi connectivity index (χ3v) is 4.33. The van der Waals surface area contributed by atoms with E-state index in [9.17, 15) is 9.59 Å². The molecule has 0 amide bonds. The fraction of sp³-hybridized carbons (Fsp3) is 0.579. The van der Waals surface area contributed by atoms with Gasteiger partial charge in [0.25, 0.3) is 0 Å². The molecule has 0 N–H and O–H groups in total. The van der Waals surface area contributed by atoms with Crippen LogP contribution >= 0.6 is 0 Å². The van der Waals surface area contributed by atoms with Crippen molar-refractivity contribution in [3.05, 3.63) is 35.9 Å². The number of Topliss-reactive ketones (excluding diaryl/α,β-unsaturated/α-hetero) is 1. The van der Waals surface area contributed by atoms with Crippen LogP contribution in [0.3, 0.4) is 0 Å². The maximum absolute atomic E-state index is 11.7. The standard InChI is InChI=1S/C19H26O3/c20-18-13-5-4-11-17(18)12-6-14-19(21)22-15-7-10-16-8-2-1-3-9-16/h1-3,8-9,17H,4-7,10-15H2. The van der Waals surface area contributed by atoms with Crippen LogP contribution in [-0.4, -0.2) is 18.4 Å². The Morgan fingerprint density at radius 2 is 1.95 bits per heavy atom. The van der Waals surface area contributed by atoms with E-state index >= 15 is 0 Å². The maximum Gasteiger partial charge on any atom is 0.305 e. The van der Waals surface area contributed by atoms with Gasteiger partial charge in [-0.05, 0) is 44.1 Å². The molecule has 2 rings (SSSR count). The van der Waals surface area contributed by atoms with Gasteiger partial charge in [-0.15, -0.1) is 0 Å². The molecular weight excluding hydrogens is 276 g/mol. The predicted molar refractivity (Wildman–Crippen MR) is 86.5 cm³/mol. The molecule has 1 aromatic rings. The van der Waals surface area contributed by atoms with Gasteiger partial charge in [0.15, 0.2) is 0 Å². The number of benzene rings is 1. The lowest BCUT2D eigenvalue weighted by Gasteiger charge is -2.19. The first-order valence-electron chi connectivity index (χ1n) is 8.48. The highest BCUT2D eigenvalue weighted by atomic mass is 16.5. The average molecular weight is 302 g/mol. The molecule has 1 aliphatic rings. The molecule has 0 spiro atoms. The molecule has 0 heterocycles.